The first kappa shape index (κ1) is 14.3. The molecule has 0 radical (unpaired) electrons. The number of nitrogens with zero attached hydrogens (tertiary/aromatic N) is 3. The van der Waals surface area contributed by atoms with Gasteiger partial charge in [0.05, 0.1) is 11.1 Å². The molecular formula is C12H16ClN3O2S. The second kappa shape index (κ2) is 5.09. The van der Waals surface area contributed by atoms with Gasteiger partial charge in [-0.3, -0.25) is 0 Å². The van der Waals surface area contributed by atoms with Crippen LogP contribution in [0, 0.1) is 0 Å². The predicted molar refractivity (Wildman–Crippen MR) is 76.2 cm³/mol. The fourth-order valence-corrected chi connectivity index (χ4v) is 3.35. The standard InChI is InChI=1S/C12H16ClN3O2S/c1-8(7-19(3,17)18)16-11(9(2)13)15-10-5-4-6-14-12(10)16/h4-6,8-9H,7H2,1-3H3. The fraction of sp³-hybridized carbons (Fsp3) is 0.500. The smallest absolute Gasteiger partial charge is 0.160 e. The number of halogens is 1. The van der Waals surface area contributed by atoms with Crippen LogP contribution in [-0.2, 0) is 9.84 Å². The molecule has 19 heavy (non-hydrogen) atoms. The molecule has 7 heteroatoms. The van der Waals surface area contributed by atoms with E-state index in [1.54, 1.807) is 12.3 Å². The Morgan fingerprint density at radius 1 is 1.42 bits per heavy atom. The third kappa shape index (κ3) is 3.06. The van der Waals surface area contributed by atoms with Crippen molar-refractivity contribution >= 4 is 32.6 Å². The number of sulfone groups is 1. The highest BCUT2D eigenvalue weighted by Crippen LogP contribution is 2.27. The average Bonchev–Trinajstić information content (AvgIpc) is 2.65. The van der Waals surface area contributed by atoms with Gasteiger partial charge in [0, 0.05) is 18.5 Å². The highest BCUT2D eigenvalue weighted by atomic mass is 35.5. The molecule has 2 atom stereocenters. The van der Waals surface area contributed by atoms with E-state index in [0.29, 0.717) is 11.5 Å². The maximum Gasteiger partial charge on any atom is 0.160 e. The van der Waals surface area contributed by atoms with Crippen LogP contribution < -0.4 is 0 Å². The van der Waals surface area contributed by atoms with Crippen molar-refractivity contribution in [3.63, 3.8) is 0 Å². The summed E-state index contributed by atoms with van der Waals surface area (Å²) in [6.45, 7) is 3.64. The normalized spacial score (nSPS) is 15.6. The van der Waals surface area contributed by atoms with Gasteiger partial charge in [-0.2, -0.15) is 0 Å². The third-order valence-corrected chi connectivity index (χ3v) is 4.10. The Bertz CT molecular complexity index is 694. The van der Waals surface area contributed by atoms with E-state index in [9.17, 15) is 8.42 Å². The summed E-state index contributed by atoms with van der Waals surface area (Å²) >= 11 is 6.13. The minimum atomic E-state index is -3.08. The molecule has 2 heterocycles. The Balaban J connectivity index is 2.59. The first-order chi connectivity index (χ1) is 8.79. The van der Waals surface area contributed by atoms with E-state index in [1.807, 2.05) is 24.5 Å². The van der Waals surface area contributed by atoms with Crippen LogP contribution in [0.25, 0.3) is 11.2 Å². The maximum absolute atomic E-state index is 11.5. The first-order valence-electron chi connectivity index (χ1n) is 5.94. The van der Waals surface area contributed by atoms with Gasteiger partial charge in [-0.15, -0.1) is 11.6 Å². The van der Waals surface area contributed by atoms with Gasteiger partial charge in [-0.05, 0) is 26.0 Å². The lowest BCUT2D eigenvalue weighted by Crippen LogP contribution is -2.19. The first-order valence-corrected chi connectivity index (χ1v) is 8.44. The van der Waals surface area contributed by atoms with Gasteiger partial charge in [-0.25, -0.2) is 18.4 Å². The van der Waals surface area contributed by atoms with E-state index in [1.165, 1.54) is 6.26 Å². The predicted octanol–water partition coefficient (Wildman–Crippen LogP) is 2.34. The molecule has 0 aliphatic carbocycles. The van der Waals surface area contributed by atoms with Crippen molar-refractivity contribution in [1.29, 1.82) is 0 Å². The van der Waals surface area contributed by atoms with Crippen molar-refractivity contribution in [1.82, 2.24) is 14.5 Å². The number of rotatable bonds is 4. The number of aromatic nitrogens is 3. The van der Waals surface area contributed by atoms with Crippen molar-refractivity contribution in [2.24, 2.45) is 0 Å². The molecule has 2 unspecified atom stereocenters. The van der Waals surface area contributed by atoms with E-state index in [0.717, 1.165) is 5.52 Å². The number of pyridine rings is 1. The second-order valence-electron chi connectivity index (χ2n) is 4.74. The van der Waals surface area contributed by atoms with E-state index >= 15 is 0 Å². The van der Waals surface area contributed by atoms with Gasteiger partial charge < -0.3 is 4.57 Å². The summed E-state index contributed by atoms with van der Waals surface area (Å²) in [5.74, 6) is 0.678. The summed E-state index contributed by atoms with van der Waals surface area (Å²) in [5, 5.41) is -0.309. The zero-order chi connectivity index (χ0) is 14.2. The molecule has 5 nitrogen and oxygen atoms in total. The summed E-state index contributed by atoms with van der Waals surface area (Å²) in [6, 6.07) is 3.38. The van der Waals surface area contributed by atoms with Gasteiger partial charge in [0.1, 0.15) is 21.2 Å². The lowest BCUT2D eigenvalue weighted by Gasteiger charge is -2.17. The molecule has 0 amide bonds. The van der Waals surface area contributed by atoms with Crippen molar-refractivity contribution in [3.8, 4) is 0 Å². The van der Waals surface area contributed by atoms with E-state index in [-0.39, 0.29) is 17.2 Å². The molecule has 0 spiro atoms. The van der Waals surface area contributed by atoms with Crippen LogP contribution in [0.2, 0.25) is 0 Å². The Labute approximate surface area is 117 Å². The highest BCUT2D eigenvalue weighted by molar-refractivity contribution is 7.90. The number of hydrogen-bond acceptors (Lipinski definition) is 4. The van der Waals surface area contributed by atoms with Crippen LogP contribution in [0.15, 0.2) is 18.3 Å². The molecule has 2 rings (SSSR count). The van der Waals surface area contributed by atoms with Crippen LogP contribution in [0.5, 0.6) is 0 Å². The zero-order valence-corrected chi connectivity index (χ0v) is 12.6. The maximum atomic E-state index is 11.5. The monoisotopic (exact) mass is 301 g/mol. The van der Waals surface area contributed by atoms with Crippen molar-refractivity contribution in [2.75, 3.05) is 12.0 Å². The quantitative estimate of drug-likeness (QED) is 0.813. The Morgan fingerprint density at radius 2 is 2.11 bits per heavy atom. The van der Waals surface area contributed by atoms with Gasteiger partial charge in [0.25, 0.3) is 0 Å². The molecule has 0 N–H and O–H groups in total. The minimum absolute atomic E-state index is 0.0334. The molecule has 104 valence electrons. The van der Waals surface area contributed by atoms with Gasteiger partial charge in [0.15, 0.2) is 5.65 Å². The summed E-state index contributed by atoms with van der Waals surface area (Å²) in [4.78, 5) is 8.72. The molecule has 0 aliphatic heterocycles. The van der Waals surface area contributed by atoms with Crippen molar-refractivity contribution in [3.05, 3.63) is 24.2 Å². The molecule has 2 aromatic rings. The Hall–Kier alpha value is -1.14. The fourth-order valence-electron chi connectivity index (χ4n) is 2.17. The molecule has 0 saturated carbocycles. The molecule has 0 fully saturated rings. The Kier molecular flexibility index (Phi) is 3.82. The summed E-state index contributed by atoms with van der Waals surface area (Å²) in [5.41, 5.74) is 1.39. The number of alkyl halides is 1. The van der Waals surface area contributed by atoms with Crippen LogP contribution in [0.1, 0.15) is 31.1 Å². The molecular weight excluding hydrogens is 286 g/mol. The lowest BCUT2D eigenvalue weighted by atomic mass is 10.3. The Morgan fingerprint density at radius 3 is 2.68 bits per heavy atom. The summed E-state index contributed by atoms with van der Waals surface area (Å²) in [7, 11) is -3.08. The van der Waals surface area contributed by atoms with Crippen LogP contribution in [-0.4, -0.2) is 35.0 Å². The van der Waals surface area contributed by atoms with Crippen molar-refractivity contribution < 1.29 is 8.42 Å². The molecule has 0 aromatic carbocycles. The number of hydrogen-bond donors (Lipinski definition) is 0. The molecule has 0 bridgehead atoms. The molecule has 0 aliphatic rings. The topological polar surface area (TPSA) is 64.8 Å². The summed E-state index contributed by atoms with van der Waals surface area (Å²) in [6.07, 6.45) is 2.89. The van der Waals surface area contributed by atoms with Crippen LogP contribution >= 0.6 is 11.6 Å². The SMILES string of the molecule is CC(Cl)c1nc2cccnc2n1C(C)CS(C)(=O)=O. The largest absolute Gasteiger partial charge is 0.308 e. The van der Waals surface area contributed by atoms with E-state index < -0.39 is 9.84 Å². The summed E-state index contributed by atoms with van der Waals surface area (Å²) < 4.78 is 24.7. The molecule has 0 saturated heterocycles. The lowest BCUT2D eigenvalue weighted by molar-refractivity contribution is 0.553. The molecule has 2 aromatic heterocycles. The van der Waals surface area contributed by atoms with Gasteiger partial charge in [0.2, 0.25) is 0 Å². The average molecular weight is 302 g/mol. The van der Waals surface area contributed by atoms with Gasteiger partial charge in [-0.1, -0.05) is 0 Å². The number of fused-ring (bicyclic) bond motifs is 1. The van der Waals surface area contributed by atoms with E-state index in [4.69, 9.17) is 11.6 Å². The minimum Gasteiger partial charge on any atom is -0.308 e. The second-order valence-corrected chi connectivity index (χ2v) is 7.58. The zero-order valence-electron chi connectivity index (χ0n) is 11.0. The van der Waals surface area contributed by atoms with Crippen LogP contribution in [0.4, 0.5) is 0 Å². The van der Waals surface area contributed by atoms with E-state index in [2.05, 4.69) is 9.97 Å². The van der Waals surface area contributed by atoms with Crippen LogP contribution in [0.3, 0.4) is 0 Å². The third-order valence-electron chi connectivity index (χ3n) is 2.82. The number of imidazole rings is 1. The van der Waals surface area contributed by atoms with Crippen molar-refractivity contribution in [2.45, 2.75) is 25.3 Å². The van der Waals surface area contributed by atoms with Gasteiger partial charge >= 0.3 is 0 Å². The highest BCUT2D eigenvalue weighted by Gasteiger charge is 2.22.